The predicted octanol–water partition coefficient (Wildman–Crippen LogP) is 2.50. The van der Waals surface area contributed by atoms with Gasteiger partial charge in [0.15, 0.2) is 0 Å². The second kappa shape index (κ2) is 6.47. The Morgan fingerprint density at radius 1 is 1.33 bits per heavy atom. The Labute approximate surface area is 132 Å². The molecule has 1 atom stereocenters. The Hall–Kier alpha value is -1.56. The van der Waals surface area contributed by atoms with E-state index >= 15 is 0 Å². The van der Waals surface area contributed by atoms with Gasteiger partial charge in [0.05, 0.1) is 11.8 Å². The lowest BCUT2D eigenvalue weighted by Gasteiger charge is -2.13. The summed E-state index contributed by atoms with van der Waals surface area (Å²) in [6.45, 7) is 1.86. The highest BCUT2D eigenvalue weighted by Crippen LogP contribution is 2.23. The molecule has 0 bridgehead atoms. The van der Waals surface area contributed by atoms with E-state index < -0.39 is 6.10 Å². The molecule has 0 fully saturated rings. The van der Waals surface area contributed by atoms with Gasteiger partial charge in [-0.25, -0.2) is 0 Å². The summed E-state index contributed by atoms with van der Waals surface area (Å²) >= 11 is 11.8. The van der Waals surface area contributed by atoms with Gasteiger partial charge in [-0.2, -0.15) is 5.10 Å². The molecule has 1 heterocycles. The minimum absolute atomic E-state index is 0.0553. The third-order valence-electron chi connectivity index (χ3n) is 2.96. The van der Waals surface area contributed by atoms with Crippen molar-refractivity contribution in [1.82, 2.24) is 15.1 Å². The topological polar surface area (TPSA) is 67.2 Å². The normalized spacial score (nSPS) is 12.2. The first-order chi connectivity index (χ1) is 9.86. The van der Waals surface area contributed by atoms with E-state index in [2.05, 4.69) is 10.4 Å². The summed E-state index contributed by atoms with van der Waals surface area (Å²) in [5, 5.41) is 17.7. The highest BCUT2D eigenvalue weighted by atomic mass is 35.5. The Morgan fingerprint density at radius 2 is 1.95 bits per heavy atom. The number of hydrogen-bond acceptors (Lipinski definition) is 3. The van der Waals surface area contributed by atoms with Crippen LogP contribution in [0.5, 0.6) is 0 Å². The summed E-state index contributed by atoms with van der Waals surface area (Å²) in [5.74, 6) is -0.301. The summed E-state index contributed by atoms with van der Waals surface area (Å²) in [6, 6.07) is 6.48. The molecular formula is C14H15Cl2N3O2. The van der Waals surface area contributed by atoms with Crippen molar-refractivity contribution in [2.45, 2.75) is 13.0 Å². The lowest BCUT2D eigenvalue weighted by atomic mass is 10.1. The van der Waals surface area contributed by atoms with Crippen LogP contribution in [0.2, 0.25) is 10.0 Å². The molecule has 0 aliphatic heterocycles. The van der Waals surface area contributed by atoms with E-state index in [0.29, 0.717) is 21.3 Å². The van der Waals surface area contributed by atoms with E-state index in [0.717, 1.165) is 5.69 Å². The third-order valence-corrected chi connectivity index (χ3v) is 3.40. The summed E-state index contributed by atoms with van der Waals surface area (Å²) in [4.78, 5) is 12.0. The number of carbonyl (C=O) groups excluding carboxylic acids is 1. The van der Waals surface area contributed by atoms with Crippen LogP contribution in [-0.2, 0) is 7.05 Å². The maximum atomic E-state index is 12.0. The summed E-state index contributed by atoms with van der Waals surface area (Å²) in [7, 11) is 1.69. The van der Waals surface area contributed by atoms with Crippen molar-refractivity contribution < 1.29 is 9.90 Å². The molecule has 7 heteroatoms. The molecular weight excluding hydrogens is 313 g/mol. The molecule has 0 aliphatic carbocycles. The molecule has 1 aromatic carbocycles. The number of aryl methyl sites for hydroxylation is 2. The quantitative estimate of drug-likeness (QED) is 0.906. The third kappa shape index (κ3) is 3.97. The molecule has 0 saturated carbocycles. The van der Waals surface area contributed by atoms with Crippen molar-refractivity contribution in [3.8, 4) is 0 Å². The number of aliphatic hydroxyl groups is 1. The van der Waals surface area contributed by atoms with E-state index in [9.17, 15) is 9.90 Å². The number of aliphatic hydroxyl groups excluding tert-OH is 1. The first-order valence-corrected chi connectivity index (χ1v) is 7.05. The number of nitrogens with one attached hydrogen (secondary N) is 1. The van der Waals surface area contributed by atoms with Crippen molar-refractivity contribution in [3.05, 3.63) is 51.3 Å². The molecule has 1 unspecified atom stereocenters. The van der Waals surface area contributed by atoms with E-state index in [-0.39, 0.29) is 12.5 Å². The van der Waals surface area contributed by atoms with Gasteiger partial charge in [0, 0.05) is 23.6 Å². The zero-order chi connectivity index (χ0) is 15.6. The predicted molar refractivity (Wildman–Crippen MR) is 81.7 cm³/mol. The number of carbonyl (C=O) groups is 1. The first-order valence-electron chi connectivity index (χ1n) is 6.29. The van der Waals surface area contributed by atoms with Crippen LogP contribution >= 0.6 is 23.2 Å². The van der Waals surface area contributed by atoms with E-state index in [1.165, 1.54) is 4.68 Å². The zero-order valence-corrected chi connectivity index (χ0v) is 13.1. The monoisotopic (exact) mass is 327 g/mol. The number of amides is 1. The van der Waals surface area contributed by atoms with Gasteiger partial charge in [-0.05, 0) is 36.8 Å². The maximum absolute atomic E-state index is 12.0. The average Bonchev–Trinajstić information content (AvgIpc) is 2.73. The van der Waals surface area contributed by atoms with Crippen molar-refractivity contribution in [1.29, 1.82) is 0 Å². The van der Waals surface area contributed by atoms with E-state index in [4.69, 9.17) is 23.2 Å². The minimum Gasteiger partial charge on any atom is -0.387 e. The molecule has 1 amide bonds. The first kappa shape index (κ1) is 15.8. The summed E-state index contributed by atoms with van der Waals surface area (Å²) in [5.41, 5.74) is 1.74. The van der Waals surface area contributed by atoms with Crippen LogP contribution in [0.25, 0.3) is 0 Å². The molecule has 21 heavy (non-hydrogen) atoms. The molecule has 5 nitrogen and oxygen atoms in total. The number of nitrogens with zero attached hydrogens (tertiary/aromatic N) is 2. The van der Waals surface area contributed by atoms with Crippen molar-refractivity contribution >= 4 is 29.1 Å². The fourth-order valence-electron chi connectivity index (χ4n) is 1.99. The van der Waals surface area contributed by atoms with Crippen molar-refractivity contribution in [2.24, 2.45) is 7.05 Å². The van der Waals surface area contributed by atoms with Crippen molar-refractivity contribution in [2.75, 3.05) is 6.54 Å². The van der Waals surface area contributed by atoms with Crippen LogP contribution in [0.1, 0.15) is 27.8 Å². The second-order valence-electron chi connectivity index (χ2n) is 4.72. The molecule has 0 aliphatic rings. The van der Waals surface area contributed by atoms with Crippen LogP contribution in [0.3, 0.4) is 0 Å². The van der Waals surface area contributed by atoms with Gasteiger partial charge in [0.1, 0.15) is 5.69 Å². The van der Waals surface area contributed by atoms with E-state index in [1.807, 2.05) is 0 Å². The van der Waals surface area contributed by atoms with Crippen LogP contribution in [0, 0.1) is 6.92 Å². The summed E-state index contributed by atoms with van der Waals surface area (Å²) in [6.07, 6.45) is -0.889. The average molecular weight is 328 g/mol. The Bertz CT molecular complexity index is 650. The number of rotatable bonds is 4. The molecule has 0 radical (unpaired) electrons. The van der Waals surface area contributed by atoms with Crippen LogP contribution in [-0.4, -0.2) is 27.3 Å². The molecule has 0 saturated heterocycles. The minimum atomic E-state index is -0.889. The standard InChI is InChI=1S/C14H15Cl2N3O2/c1-8-3-12(19(2)18-8)14(21)17-7-13(20)9-4-10(15)6-11(16)5-9/h3-6,13,20H,7H2,1-2H3,(H,17,21). The number of halogens is 2. The van der Waals surface area contributed by atoms with Crippen LogP contribution < -0.4 is 5.32 Å². The van der Waals surface area contributed by atoms with E-state index in [1.54, 1.807) is 38.2 Å². The van der Waals surface area contributed by atoms with Crippen LogP contribution in [0.15, 0.2) is 24.3 Å². The van der Waals surface area contributed by atoms with Crippen LogP contribution in [0.4, 0.5) is 0 Å². The van der Waals surface area contributed by atoms with Crippen molar-refractivity contribution in [3.63, 3.8) is 0 Å². The summed E-state index contributed by atoms with van der Waals surface area (Å²) < 4.78 is 1.49. The molecule has 1 aromatic heterocycles. The van der Waals surface area contributed by atoms with Gasteiger partial charge in [-0.3, -0.25) is 9.48 Å². The fraction of sp³-hybridized carbons (Fsp3) is 0.286. The fourth-order valence-corrected chi connectivity index (χ4v) is 2.53. The largest absolute Gasteiger partial charge is 0.387 e. The van der Waals surface area contributed by atoms with Gasteiger partial charge in [-0.15, -0.1) is 0 Å². The Balaban J connectivity index is 2.02. The molecule has 2 N–H and O–H groups in total. The molecule has 2 rings (SSSR count). The molecule has 2 aromatic rings. The number of benzene rings is 1. The number of hydrogen-bond donors (Lipinski definition) is 2. The Morgan fingerprint density at radius 3 is 2.48 bits per heavy atom. The second-order valence-corrected chi connectivity index (χ2v) is 5.60. The smallest absolute Gasteiger partial charge is 0.269 e. The zero-order valence-electron chi connectivity index (χ0n) is 11.6. The lowest BCUT2D eigenvalue weighted by molar-refractivity contribution is 0.0907. The molecule has 112 valence electrons. The number of aromatic nitrogens is 2. The highest BCUT2D eigenvalue weighted by molar-refractivity contribution is 6.34. The van der Waals surface area contributed by atoms with Gasteiger partial charge < -0.3 is 10.4 Å². The van der Waals surface area contributed by atoms with Gasteiger partial charge in [-0.1, -0.05) is 23.2 Å². The highest BCUT2D eigenvalue weighted by Gasteiger charge is 2.15. The van der Waals surface area contributed by atoms with Gasteiger partial charge in [0.25, 0.3) is 5.91 Å². The Kier molecular flexibility index (Phi) is 4.88. The molecule has 0 spiro atoms. The van der Waals surface area contributed by atoms with Gasteiger partial charge >= 0.3 is 0 Å². The maximum Gasteiger partial charge on any atom is 0.269 e. The SMILES string of the molecule is Cc1cc(C(=O)NCC(O)c2cc(Cl)cc(Cl)c2)n(C)n1. The lowest BCUT2D eigenvalue weighted by Crippen LogP contribution is -2.29. The van der Waals surface area contributed by atoms with Gasteiger partial charge in [0.2, 0.25) is 0 Å².